The number of ether oxygens (including phenoxy) is 1. The number of allylic oxidation sites excluding steroid dienone is 1. The molecule has 1 aromatic carbocycles. The minimum atomic E-state index is -0.262. The Balaban J connectivity index is 2.39. The second kappa shape index (κ2) is 5.19. The Labute approximate surface area is 104 Å². The largest absolute Gasteiger partial charge is 0.486 e. The van der Waals surface area contributed by atoms with Gasteiger partial charge in [0.1, 0.15) is 5.57 Å². The highest BCUT2D eigenvalue weighted by atomic mass is 32.2. The Kier molecular flexibility index (Phi) is 3.64. The van der Waals surface area contributed by atoms with Crippen molar-refractivity contribution in [2.75, 3.05) is 12.4 Å². The number of benzene rings is 1. The van der Waals surface area contributed by atoms with Crippen LogP contribution >= 0.6 is 11.8 Å². The first-order chi connectivity index (χ1) is 8.20. The SMILES string of the molecule is CC(=O)/C(C(=O)c1ccccc1)=C1\OCCS1. The van der Waals surface area contributed by atoms with Crippen LogP contribution in [0.1, 0.15) is 17.3 Å². The summed E-state index contributed by atoms with van der Waals surface area (Å²) in [5, 5.41) is 0.464. The Morgan fingerprint density at radius 3 is 2.47 bits per heavy atom. The molecule has 1 fully saturated rings. The van der Waals surface area contributed by atoms with Gasteiger partial charge < -0.3 is 4.74 Å². The lowest BCUT2D eigenvalue weighted by Crippen LogP contribution is -2.12. The smallest absolute Gasteiger partial charge is 0.200 e. The molecule has 0 aromatic heterocycles. The summed E-state index contributed by atoms with van der Waals surface area (Å²) in [5.41, 5.74) is 0.681. The highest BCUT2D eigenvalue weighted by Crippen LogP contribution is 2.29. The van der Waals surface area contributed by atoms with E-state index in [4.69, 9.17) is 4.74 Å². The average molecular weight is 248 g/mol. The van der Waals surface area contributed by atoms with Gasteiger partial charge in [-0.05, 0) is 6.92 Å². The maximum atomic E-state index is 12.2. The van der Waals surface area contributed by atoms with Gasteiger partial charge in [-0.2, -0.15) is 0 Å². The molecule has 17 heavy (non-hydrogen) atoms. The fourth-order valence-electron chi connectivity index (χ4n) is 1.58. The molecule has 0 amide bonds. The molecule has 0 bridgehead atoms. The number of Topliss-reactive ketones (excluding diaryl/α,β-unsaturated/α-hetero) is 2. The Morgan fingerprint density at radius 2 is 1.94 bits per heavy atom. The number of carbonyl (C=O) groups is 2. The number of hydrogen-bond donors (Lipinski definition) is 0. The fraction of sp³-hybridized carbons (Fsp3) is 0.231. The zero-order chi connectivity index (χ0) is 12.3. The Morgan fingerprint density at radius 1 is 1.24 bits per heavy atom. The molecular formula is C13H12O3S. The number of rotatable bonds is 3. The van der Waals surface area contributed by atoms with Crippen molar-refractivity contribution < 1.29 is 14.3 Å². The second-order valence-electron chi connectivity index (χ2n) is 3.61. The summed E-state index contributed by atoms with van der Waals surface area (Å²) < 4.78 is 5.32. The van der Waals surface area contributed by atoms with Crippen molar-refractivity contribution in [2.45, 2.75) is 6.92 Å². The van der Waals surface area contributed by atoms with E-state index in [1.54, 1.807) is 24.3 Å². The van der Waals surface area contributed by atoms with Gasteiger partial charge in [0.2, 0.25) is 5.78 Å². The fourth-order valence-corrected chi connectivity index (χ4v) is 2.48. The van der Waals surface area contributed by atoms with Crippen LogP contribution in [0.4, 0.5) is 0 Å². The number of thioether (sulfide) groups is 1. The van der Waals surface area contributed by atoms with E-state index in [1.807, 2.05) is 6.07 Å². The van der Waals surface area contributed by atoms with Crippen LogP contribution in [0, 0.1) is 0 Å². The number of ketones is 2. The third-order valence-corrected chi connectivity index (χ3v) is 3.32. The van der Waals surface area contributed by atoms with Crippen LogP contribution in [-0.4, -0.2) is 23.9 Å². The summed E-state index contributed by atoms with van der Waals surface area (Å²) in [5.74, 6) is 0.277. The molecule has 1 heterocycles. The van der Waals surface area contributed by atoms with Crippen molar-refractivity contribution in [3.8, 4) is 0 Å². The average Bonchev–Trinajstić information content (AvgIpc) is 2.83. The third-order valence-electron chi connectivity index (χ3n) is 2.37. The number of hydrogen-bond acceptors (Lipinski definition) is 4. The van der Waals surface area contributed by atoms with Gasteiger partial charge in [0, 0.05) is 11.3 Å². The van der Waals surface area contributed by atoms with E-state index in [0.717, 1.165) is 5.75 Å². The van der Waals surface area contributed by atoms with Crippen molar-refractivity contribution in [2.24, 2.45) is 0 Å². The van der Waals surface area contributed by atoms with E-state index in [2.05, 4.69) is 0 Å². The van der Waals surface area contributed by atoms with Crippen LogP contribution < -0.4 is 0 Å². The van der Waals surface area contributed by atoms with E-state index in [1.165, 1.54) is 18.7 Å². The lowest BCUT2D eigenvalue weighted by molar-refractivity contribution is -0.113. The van der Waals surface area contributed by atoms with Crippen molar-refractivity contribution in [3.05, 3.63) is 46.6 Å². The first-order valence-electron chi connectivity index (χ1n) is 5.30. The molecule has 0 aliphatic carbocycles. The molecule has 1 aromatic rings. The molecule has 0 spiro atoms. The molecule has 0 atom stereocenters. The van der Waals surface area contributed by atoms with Crippen molar-refractivity contribution in [1.82, 2.24) is 0 Å². The highest BCUT2D eigenvalue weighted by Gasteiger charge is 2.25. The van der Waals surface area contributed by atoms with Crippen LogP contribution in [0.25, 0.3) is 0 Å². The molecule has 1 aliphatic rings. The zero-order valence-corrected chi connectivity index (χ0v) is 10.3. The van der Waals surface area contributed by atoms with Gasteiger partial charge in [-0.3, -0.25) is 9.59 Å². The minimum absolute atomic E-state index is 0.165. The molecule has 3 nitrogen and oxygen atoms in total. The lowest BCUT2D eigenvalue weighted by Gasteiger charge is -2.06. The molecule has 1 saturated heterocycles. The monoisotopic (exact) mass is 248 g/mol. The maximum absolute atomic E-state index is 12.2. The van der Waals surface area contributed by atoms with E-state index in [-0.39, 0.29) is 17.1 Å². The summed E-state index contributed by atoms with van der Waals surface area (Å²) in [6.07, 6.45) is 0. The van der Waals surface area contributed by atoms with Gasteiger partial charge >= 0.3 is 0 Å². The summed E-state index contributed by atoms with van der Waals surface area (Å²) >= 11 is 1.42. The maximum Gasteiger partial charge on any atom is 0.200 e. The summed E-state index contributed by atoms with van der Waals surface area (Å²) in [6, 6.07) is 8.78. The molecule has 0 saturated carbocycles. The van der Waals surface area contributed by atoms with Gasteiger partial charge in [-0.1, -0.05) is 42.1 Å². The summed E-state index contributed by atoms with van der Waals surface area (Å²) in [4.78, 5) is 23.8. The molecule has 0 unspecified atom stereocenters. The van der Waals surface area contributed by atoms with Crippen LogP contribution in [0.3, 0.4) is 0 Å². The highest BCUT2D eigenvalue weighted by molar-refractivity contribution is 8.03. The van der Waals surface area contributed by atoms with Gasteiger partial charge in [0.25, 0.3) is 0 Å². The van der Waals surface area contributed by atoms with Gasteiger partial charge in [-0.15, -0.1) is 0 Å². The van der Waals surface area contributed by atoms with Gasteiger partial charge in [0.15, 0.2) is 10.9 Å². The van der Waals surface area contributed by atoms with Gasteiger partial charge in [0.05, 0.1) is 6.61 Å². The predicted octanol–water partition coefficient (Wildman–Crippen LogP) is 2.43. The van der Waals surface area contributed by atoms with Crippen LogP contribution in [0.5, 0.6) is 0 Å². The van der Waals surface area contributed by atoms with E-state index >= 15 is 0 Å². The zero-order valence-electron chi connectivity index (χ0n) is 9.43. The summed E-state index contributed by atoms with van der Waals surface area (Å²) in [6.45, 7) is 1.95. The van der Waals surface area contributed by atoms with Crippen LogP contribution in [0.15, 0.2) is 41.0 Å². The van der Waals surface area contributed by atoms with Crippen molar-refractivity contribution >= 4 is 23.3 Å². The molecule has 0 N–H and O–H groups in total. The lowest BCUT2D eigenvalue weighted by atomic mass is 10.0. The van der Waals surface area contributed by atoms with Crippen molar-refractivity contribution in [3.63, 3.8) is 0 Å². The van der Waals surface area contributed by atoms with Crippen molar-refractivity contribution in [1.29, 1.82) is 0 Å². The first-order valence-corrected chi connectivity index (χ1v) is 6.29. The van der Waals surface area contributed by atoms with Gasteiger partial charge in [-0.25, -0.2) is 0 Å². The quantitative estimate of drug-likeness (QED) is 0.356. The molecule has 2 rings (SSSR count). The Hall–Kier alpha value is -1.55. The van der Waals surface area contributed by atoms with Crippen LogP contribution in [-0.2, 0) is 9.53 Å². The van der Waals surface area contributed by atoms with E-state index < -0.39 is 0 Å². The summed E-state index contributed by atoms with van der Waals surface area (Å²) in [7, 11) is 0. The molecule has 1 aliphatic heterocycles. The predicted molar refractivity (Wildman–Crippen MR) is 66.9 cm³/mol. The molecular weight excluding hydrogens is 236 g/mol. The van der Waals surface area contributed by atoms with E-state index in [0.29, 0.717) is 17.3 Å². The third kappa shape index (κ3) is 2.58. The number of carbonyl (C=O) groups excluding carboxylic acids is 2. The normalized spacial score (nSPS) is 17.5. The van der Waals surface area contributed by atoms with E-state index in [9.17, 15) is 9.59 Å². The first kappa shape index (κ1) is 11.9. The Bertz CT molecular complexity index is 469. The minimum Gasteiger partial charge on any atom is -0.486 e. The standard InChI is InChI=1S/C13H12O3S/c1-9(14)11(13-16-7-8-17-13)12(15)10-5-3-2-4-6-10/h2-6H,7-8H2,1H3/b13-11-. The topological polar surface area (TPSA) is 43.4 Å². The molecule has 88 valence electrons. The van der Waals surface area contributed by atoms with Crippen LogP contribution in [0.2, 0.25) is 0 Å². The molecule has 4 heteroatoms. The molecule has 0 radical (unpaired) electrons. The second-order valence-corrected chi connectivity index (χ2v) is 4.68.